The van der Waals surface area contributed by atoms with Crippen molar-refractivity contribution in [3.05, 3.63) is 66.2 Å². The van der Waals surface area contributed by atoms with Gasteiger partial charge >= 0.3 is 0 Å². The number of carbonyl (C=O) groups is 3. The lowest BCUT2D eigenvalue weighted by Gasteiger charge is -2.23. The minimum Gasteiger partial charge on any atom is -0.451 e. The van der Waals surface area contributed by atoms with Crippen LogP contribution in [-0.2, 0) is 19.6 Å². The fraction of sp³-hybridized carbons (Fsp3) is 0.370. The molecule has 0 radical (unpaired) electrons. The molecule has 0 unspecified atom stereocenters. The highest BCUT2D eigenvalue weighted by molar-refractivity contribution is 7.89. The summed E-state index contributed by atoms with van der Waals surface area (Å²) in [6, 6.07) is 11.8. The van der Waals surface area contributed by atoms with Crippen LogP contribution in [0.5, 0.6) is 0 Å². The Morgan fingerprint density at radius 1 is 1.13 bits per heavy atom. The molecule has 1 aromatic heterocycles. The maximum Gasteiger partial charge on any atom is 0.287 e. The van der Waals surface area contributed by atoms with Crippen LogP contribution in [0.1, 0.15) is 43.7 Å². The molecule has 2 amide bonds. The van der Waals surface area contributed by atoms with E-state index in [-0.39, 0.29) is 31.1 Å². The second-order valence-electron chi connectivity index (χ2n) is 9.74. The number of nitrogens with zero attached hydrogens (tertiary/aromatic N) is 1. The summed E-state index contributed by atoms with van der Waals surface area (Å²) < 4.78 is 46.7. The number of ketones is 1. The Labute approximate surface area is 220 Å². The number of halogens is 1. The van der Waals surface area contributed by atoms with E-state index in [0.29, 0.717) is 12.0 Å². The Hall–Kier alpha value is -3.57. The van der Waals surface area contributed by atoms with E-state index in [4.69, 9.17) is 4.42 Å². The van der Waals surface area contributed by atoms with Crippen LogP contribution in [0.2, 0.25) is 0 Å². The molecule has 3 aromatic rings. The second kappa shape index (κ2) is 11.4. The fourth-order valence-electron chi connectivity index (χ4n) is 4.45. The average molecular weight is 544 g/mol. The third-order valence-corrected chi connectivity index (χ3v) is 8.25. The van der Waals surface area contributed by atoms with E-state index in [0.717, 1.165) is 21.8 Å². The van der Waals surface area contributed by atoms with Crippen molar-refractivity contribution < 1.29 is 31.6 Å². The third kappa shape index (κ3) is 6.11. The molecule has 11 heteroatoms. The van der Waals surface area contributed by atoms with Gasteiger partial charge in [-0.2, -0.15) is 4.31 Å². The zero-order valence-corrected chi connectivity index (χ0v) is 22.0. The molecule has 4 rings (SSSR count). The number of sulfonamides is 1. The van der Waals surface area contributed by atoms with E-state index >= 15 is 0 Å². The number of hydrogen-bond acceptors (Lipinski definition) is 6. The molecule has 2 N–H and O–H groups in total. The van der Waals surface area contributed by atoms with E-state index in [1.165, 1.54) is 12.1 Å². The van der Waals surface area contributed by atoms with E-state index in [1.807, 2.05) is 19.9 Å². The highest BCUT2D eigenvalue weighted by Gasteiger charge is 2.35. The molecule has 202 valence electrons. The maximum atomic E-state index is 14.2. The summed E-state index contributed by atoms with van der Waals surface area (Å²) >= 11 is 0. The van der Waals surface area contributed by atoms with Crippen LogP contribution in [0.25, 0.3) is 11.0 Å². The van der Waals surface area contributed by atoms with Crippen LogP contribution < -0.4 is 10.6 Å². The van der Waals surface area contributed by atoms with Crippen molar-refractivity contribution >= 4 is 38.6 Å². The summed E-state index contributed by atoms with van der Waals surface area (Å²) in [5.74, 6) is -2.41. The third-order valence-electron chi connectivity index (χ3n) is 6.37. The number of Topliss-reactive ketones (excluding diaryl/α,β-unsaturated/α-hetero) is 1. The van der Waals surface area contributed by atoms with Crippen LogP contribution in [0, 0.1) is 11.7 Å². The molecule has 1 saturated heterocycles. The summed E-state index contributed by atoms with van der Waals surface area (Å²) in [4.78, 5) is 38.6. The standard InChI is InChI=1S/C27H30FN3O6S/c1-17(2)14-21(30-27(34)24-15-18-8-3-5-11-23(18)37-24)26(33)29-20-10-7-13-31(16-22(20)32)38(35,36)25-12-6-4-9-19(25)28/h3-6,8-9,11-12,15,17,20-21H,7,10,13-14,16H2,1-2H3,(H,29,33)(H,30,34)/t20-,21-/m0/s1. The number of fused-ring (bicyclic) bond motifs is 1. The molecule has 0 spiro atoms. The molecule has 2 heterocycles. The van der Waals surface area contributed by atoms with Gasteiger partial charge in [0.15, 0.2) is 11.5 Å². The lowest BCUT2D eigenvalue weighted by molar-refractivity contribution is -0.129. The molecule has 0 aliphatic carbocycles. The van der Waals surface area contributed by atoms with Gasteiger partial charge in [-0.15, -0.1) is 0 Å². The predicted octanol–water partition coefficient (Wildman–Crippen LogP) is 3.26. The number of nitrogens with one attached hydrogen (secondary N) is 2. The highest BCUT2D eigenvalue weighted by Crippen LogP contribution is 2.22. The van der Waals surface area contributed by atoms with Gasteiger partial charge in [-0.05, 0) is 49.4 Å². The zero-order valence-electron chi connectivity index (χ0n) is 21.1. The molecule has 1 aliphatic heterocycles. The normalized spacial score (nSPS) is 17.8. The SMILES string of the molecule is CC(C)C[C@H](NC(=O)c1cc2ccccc2o1)C(=O)N[C@H]1CCCN(S(=O)(=O)c2ccccc2F)CC1=O. The number of hydrogen-bond donors (Lipinski definition) is 2. The van der Waals surface area contributed by atoms with Gasteiger partial charge in [0.2, 0.25) is 15.9 Å². The Kier molecular flexibility index (Phi) is 8.27. The molecule has 0 bridgehead atoms. The molecule has 9 nitrogen and oxygen atoms in total. The van der Waals surface area contributed by atoms with Gasteiger partial charge in [-0.1, -0.05) is 44.2 Å². The smallest absolute Gasteiger partial charge is 0.287 e. The Morgan fingerprint density at radius 3 is 2.55 bits per heavy atom. The topological polar surface area (TPSA) is 126 Å². The molecule has 1 fully saturated rings. The molecular weight excluding hydrogens is 513 g/mol. The van der Waals surface area contributed by atoms with Crippen molar-refractivity contribution in [3.8, 4) is 0 Å². The summed E-state index contributed by atoms with van der Waals surface area (Å²) in [7, 11) is -4.23. The lowest BCUT2D eigenvalue weighted by Crippen LogP contribution is -2.52. The average Bonchev–Trinajstić information content (AvgIpc) is 3.22. The van der Waals surface area contributed by atoms with Gasteiger partial charge in [0.05, 0.1) is 12.6 Å². The van der Waals surface area contributed by atoms with Gasteiger partial charge in [0.25, 0.3) is 5.91 Å². The summed E-state index contributed by atoms with van der Waals surface area (Å²) in [5, 5.41) is 6.14. The van der Waals surface area contributed by atoms with E-state index < -0.39 is 57.0 Å². The van der Waals surface area contributed by atoms with Gasteiger partial charge in [0, 0.05) is 11.9 Å². The number of para-hydroxylation sites is 1. The Morgan fingerprint density at radius 2 is 1.84 bits per heavy atom. The summed E-state index contributed by atoms with van der Waals surface area (Å²) in [6.45, 7) is 3.31. The van der Waals surface area contributed by atoms with Crippen molar-refractivity contribution in [1.29, 1.82) is 0 Å². The van der Waals surface area contributed by atoms with Crippen molar-refractivity contribution in [1.82, 2.24) is 14.9 Å². The van der Waals surface area contributed by atoms with Crippen LogP contribution >= 0.6 is 0 Å². The quantitative estimate of drug-likeness (QED) is 0.449. The second-order valence-corrected chi connectivity index (χ2v) is 11.6. The summed E-state index contributed by atoms with van der Waals surface area (Å²) in [5.41, 5.74) is 0.543. The Balaban J connectivity index is 1.45. The van der Waals surface area contributed by atoms with Crippen LogP contribution in [0.15, 0.2) is 63.9 Å². The van der Waals surface area contributed by atoms with Gasteiger partial charge < -0.3 is 15.1 Å². The van der Waals surface area contributed by atoms with Crippen molar-refractivity contribution in [2.24, 2.45) is 5.92 Å². The first-order chi connectivity index (χ1) is 18.1. The highest BCUT2D eigenvalue weighted by atomic mass is 32.2. The first kappa shape index (κ1) is 27.5. The fourth-order valence-corrected chi connectivity index (χ4v) is 5.95. The number of carbonyl (C=O) groups excluding carboxylic acids is 3. The van der Waals surface area contributed by atoms with E-state index in [2.05, 4.69) is 10.6 Å². The minimum absolute atomic E-state index is 0.00693. The minimum atomic E-state index is -4.23. The van der Waals surface area contributed by atoms with Gasteiger partial charge in [0.1, 0.15) is 22.3 Å². The number of benzene rings is 2. The van der Waals surface area contributed by atoms with Gasteiger partial charge in [-0.3, -0.25) is 14.4 Å². The first-order valence-electron chi connectivity index (χ1n) is 12.4. The number of rotatable bonds is 8. The van der Waals surface area contributed by atoms with Crippen molar-refractivity contribution in [2.75, 3.05) is 13.1 Å². The lowest BCUT2D eigenvalue weighted by atomic mass is 10.0. The molecular formula is C27H30FN3O6S. The van der Waals surface area contributed by atoms with E-state index in [9.17, 15) is 27.2 Å². The van der Waals surface area contributed by atoms with Crippen LogP contribution in [-0.4, -0.2) is 55.5 Å². The van der Waals surface area contributed by atoms with Crippen molar-refractivity contribution in [2.45, 2.75) is 50.1 Å². The molecule has 38 heavy (non-hydrogen) atoms. The van der Waals surface area contributed by atoms with E-state index in [1.54, 1.807) is 24.3 Å². The number of furan rings is 1. The largest absolute Gasteiger partial charge is 0.451 e. The van der Waals surface area contributed by atoms with Gasteiger partial charge in [-0.25, -0.2) is 12.8 Å². The zero-order chi connectivity index (χ0) is 27.4. The molecule has 2 atom stereocenters. The predicted molar refractivity (Wildman–Crippen MR) is 138 cm³/mol. The number of amides is 2. The molecule has 1 aliphatic rings. The summed E-state index contributed by atoms with van der Waals surface area (Å²) in [6.07, 6.45) is 0.802. The monoisotopic (exact) mass is 543 g/mol. The molecule has 2 aromatic carbocycles. The van der Waals surface area contributed by atoms with Crippen molar-refractivity contribution in [3.63, 3.8) is 0 Å². The molecule has 0 saturated carbocycles. The maximum absolute atomic E-state index is 14.2. The van der Waals surface area contributed by atoms with Crippen LogP contribution in [0.4, 0.5) is 4.39 Å². The first-order valence-corrected chi connectivity index (χ1v) is 13.9. The Bertz CT molecular complexity index is 1420. The van der Waals surface area contributed by atoms with Crippen LogP contribution in [0.3, 0.4) is 0 Å².